The molecule has 2 aliphatic carbocycles. The molecule has 2 saturated carbocycles. The van der Waals surface area contributed by atoms with Crippen molar-refractivity contribution in [3.63, 3.8) is 0 Å². The van der Waals surface area contributed by atoms with Gasteiger partial charge in [-0.3, -0.25) is 4.98 Å². The third-order valence-electron chi connectivity index (χ3n) is 13.6. The highest BCUT2D eigenvalue weighted by Crippen LogP contribution is 2.47. The van der Waals surface area contributed by atoms with Crippen LogP contribution in [0.4, 0.5) is 0 Å². The fourth-order valence-electron chi connectivity index (χ4n) is 10.1. The zero-order valence-electron chi connectivity index (χ0n) is 37.3. The lowest BCUT2D eigenvalue weighted by Gasteiger charge is -2.34. The molecule has 4 N–H and O–H groups in total. The molecule has 0 amide bonds. The Morgan fingerprint density at radius 3 is 1.52 bits per heavy atom. The number of rotatable bonds is 10. The van der Waals surface area contributed by atoms with Crippen LogP contribution in [0.3, 0.4) is 0 Å². The van der Waals surface area contributed by atoms with E-state index in [2.05, 4.69) is 42.6 Å². The number of hydrogen-bond acceptors (Lipinski definition) is 13. The molecule has 66 heavy (non-hydrogen) atoms. The van der Waals surface area contributed by atoms with Crippen molar-refractivity contribution in [2.75, 3.05) is 13.2 Å². The number of benzene rings is 2. The molecule has 8 aromatic rings. The highest BCUT2D eigenvalue weighted by atomic mass is 16.5. The quantitative estimate of drug-likeness (QED) is 0.101. The summed E-state index contributed by atoms with van der Waals surface area (Å²) in [6.45, 7) is 10.8. The largest absolute Gasteiger partial charge is 0.376 e. The molecule has 4 fully saturated rings. The molecule has 15 nitrogen and oxygen atoms in total. The Morgan fingerprint density at radius 1 is 0.606 bits per heavy atom. The summed E-state index contributed by atoms with van der Waals surface area (Å²) in [5.41, 5.74) is 8.95. The van der Waals surface area contributed by atoms with E-state index in [-0.39, 0.29) is 7.43 Å². The van der Waals surface area contributed by atoms with E-state index in [0.717, 1.165) is 136 Å². The number of hydrogen-bond donors (Lipinski definition) is 4. The van der Waals surface area contributed by atoms with E-state index in [1.165, 1.54) is 0 Å². The van der Waals surface area contributed by atoms with E-state index in [4.69, 9.17) is 33.5 Å². The van der Waals surface area contributed by atoms with Crippen molar-refractivity contribution < 1.29 is 28.7 Å². The number of imidazole rings is 2. The summed E-state index contributed by atoms with van der Waals surface area (Å²) in [6, 6.07) is 17.5. The van der Waals surface area contributed by atoms with Crippen LogP contribution in [0.1, 0.15) is 133 Å². The van der Waals surface area contributed by atoms with Crippen molar-refractivity contribution in [3.8, 4) is 22.3 Å². The van der Waals surface area contributed by atoms with E-state index >= 15 is 0 Å². The Hall–Kier alpha value is -6.13. The van der Waals surface area contributed by atoms with Crippen LogP contribution in [0.5, 0.6) is 0 Å². The summed E-state index contributed by atoms with van der Waals surface area (Å²) in [6.07, 6.45) is 8.56. The molecule has 2 saturated heterocycles. The monoisotopic (exact) mass is 891 g/mol. The van der Waals surface area contributed by atoms with Gasteiger partial charge in [-0.25, -0.2) is 9.97 Å². The van der Waals surface area contributed by atoms with Gasteiger partial charge in [0.25, 0.3) is 0 Å². The number of ether oxygens (including phenoxy) is 2. The topological polar surface area (TPSA) is 207 Å². The normalized spacial score (nSPS) is 20.2. The second-order valence-corrected chi connectivity index (χ2v) is 18.3. The SMILES string of the molecule is C.Cc1cccc(C(O)(c2cc(-c3c(C)noc3C)cc3[nH]c(C4CC4)nc23)C2CCCO2)n1.Cc1noc(C)c1-c1cc(C(O)(c2cccnn2)C2CCCO2)c2nc(C3CC3)[nH]c2c1. The zero-order valence-corrected chi connectivity index (χ0v) is 37.3. The van der Waals surface area contributed by atoms with Crippen molar-refractivity contribution in [3.05, 3.63) is 124 Å². The van der Waals surface area contributed by atoms with Crippen LogP contribution in [0.25, 0.3) is 44.3 Å². The average Bonchev–Trinajstić information content (AvgIpc) is 3.83. The van der Waals surface area contributed by atoms with Gasteiger partial charge < -0.3 is 38.7 Å². The van der Waals surface area contributed by atoms with Crippen molar-refractivity contribution in [1.29, 1.82) is 0 Å². The number of aromatic amines is 2. The highest BCUT2D eigenvalue weighted by Gasteiger charge is 2.48. The van der Waals surface area contributed by atoms with Gasteiger partial charge in [0.05, 0.1) is 51.4 Å². The van der Waals surface area contributed by atoms with Crippen molar-refractivity contribution in [2.24, 2.45) is 0 Å². The lowest BCUT2D eigenvalue weighted by Crippen LogP contribution is -2.41. The Bertz CT molecular complexity index is 3010. The Balaban J connectivity index is 0.000000153. The second kappa shape index (κ2) is 16.9. The first-order valence-electron chi connectivity index (χ1n) is 22.9. The van der Waals surface area contributed by atoms with E-state index < -0.39 is 23.4 Å². The number of aryl methyl sites for hydroxylation is 5. The smallest absolute Gasteiger partial charge is 0.161 e. The number of pyridine rings is 1. The Morgan fingerprint density at radius 2 is 1.11 bits per heavy atom. The zero-order chi connectivity index (χ0) is 44.6. The molecule has 8 heterocycles. The molecule has 342 valence electrons. The summed E-state index contributed by atoms with van der Waals surface area (Å²) >= 11 is 0. The van der Waals surface area contributed by atoms with Gasteiger partial charge in [0.15, 0.2) is 11.2 Å². The van der Waals surface area contributed by atoms with Gasteiger partial charge >= 0.3 is 0 Å². The molecule has 0 spiro atoms. The van der Waals surface area contributed by atoms with Gasteiger partial charge in [-0.15, -0.1) is 0 Å². The number of aromatic nitrogens is 9. The predicted octanol–water partition coefficient (Wildman–Crippen LogP) is 9.38. The van der Waals surface area contributed by atoms with Crippen LogP contribution < -0.4 is 0 Å². The molecule has 2 aliphatic heterocycles. The van der Waals surface area contributed by atoms with E-state index in [0.29, 0.717) is 47.6 Å². The third-order valence-corrected chi connectivity index (χ3v) is 13.6. The first kappa shape index (κ1) is 43.7. The van der Waals surface area contributed by atoms with Gasteiger partial charge in [0.1, 0.15) is 28.9 Å². The molecule has 4 aliphatic rings. The standard InChI is InChI=1S/C26H28N4O3.C24H25N5O3.CH4/c1-14-6-4-7-21(27-14)26(31,22-8-5-11-32-22)19-12-18(23-15(2)30-33-16(23)3)13-20-24(19)29-25(28-20)17-9-10-17;1-13-21(14(2)32-29-13)16-11-17(22-18(12-16)26-23(27-22)15-7-8-15)24(30,20-6-4-10-31-20)19-5-3-9-25-28-19;/h4,6-7,12-13,17,22,31H,5,8-11H2,1-3H3,(H,28,29);3,5,9,11-12,15,20,30H,4,6-8,10H2,1-2H3,(H,26,27);1H4. The number of H-pyrrole nitrogens is 2. The minimum atomic E-state index is -1.49. The maximum Gasteiger partial charge on any atom is 0.161 e. The van der Waals surface area contributed by atoms with E-state index in [1.54, 1.807) is 18.3 Å². The fraction of sp³-hybridized carbons (Fsp3) is 0.431. The number of nitrogens with one attached hydrogen (secondary N) is 2. The Kier molecular flexibility index (Phi) is 11.2. The lowest BCUT2D eigenvalue weighted by molar-refractivity contribution is -0.0641. The molecule has 2 aromatic carbocycles. The summed E-state index contributed by atoms with van der Waals surface area (Å²) in [5, 5.41) is 41.5. The second-order valence-electron chi connectivity index (χ2n) is 18.3. The molecule has 4 atom stereocenters. The first-order valence-corrected chi connectivity index (χ1v) is 22.9. The van der Waals surface area contributed by atoms with Crippen molar-refractivity contribution >= 4 is 22.1 Å². The molecule has 0 bridgehead atoms. The summed E-state index contributed by atoms with van der Waals surface area (Å²) in [7, 11) is 0. The van der Waals surface area contributed by atoms with Crippen LogP contribution in [-0.2, 0) is 20.7 Å². The van der Waals surface area contributed by atoms with Crippen molar-refractivity contribution in [2.45, 2.75) is 129 Å². The van der Waals surface area contributed by atoms with Crippen molar-refractivity contribution in [1.82, 2.24) is 45.4 Å². The molecule has 12 rings (SSSR count). The van der Waals surface area contributed by atoms with Crippen LogP contribution in [0.15, 0.2) is 69.8 Å². The van der Waals surface area contributed by atoms with Crippen LogP contribution >= 0.6 is 0 Å². The summed E-state index contributed by atoms with van der Waals surface area (Å²) < 4.78 is 23.0. The van der Waals surface area contributed by atoms with Gasteiger partial charge in [0, 0.05) is 59.2 Å². The maximum absolute atomic E-state index is 12.5. The Labute approximate surface area is 382 Å². The first-order chi connectivity index (χ1) is 31.5. The van der Waals surface area contributed by atoms with E-state index in [9.17, 15) is 10.2 Å². The molecule has 0 radical (unpaired) electrons. The van der Waals surface area contributed by atoms with E-state index in [1.807, 2.05) is 65.0 Å². The number of nitrogens with zero attached hydrogens (tertiary/aromatic N) is 7. The fourth-order valence-corrected chi connectivity index (χ4v) is 10.1. The molecule has 4 unspecified atom stereocenters. The van der Waals surface area contributed by atoms with Gasteiger partial charge in [0.2, 0.25) is 0 Å². The van der Waals surface area contributed by atoms with Crippen LogP contribution in [0.2, 0.25) is 0 Å². The summed E-state index contributed by atoms with van der Waals surface area (Å²) in [5.74, 6) is 4.33. The third kappa shape index (κ3) is 7.51. The van der Waals surface area contributed by atoms with Crippen LogP contribution in [0, 0.1) is 34.6 Å². The minimum absolute atomic E-state index is 0. The van der Waals surface area contributed by atoms with Gasteiger partial charge in [-0.2, -0.15) is 10.2 Å². The average molecular weight is 892 g/mol. The maximum atomic E-state index is 12.5. The predicted molar refractivity (Wildman–Crippen MR) is 248 cm³/mol. The molecule has 15 heteroatoms. The lowest BCUT2D eigenvalue weighted by atomic mass is 9.81. The van der Waals surface area contributed by atoms with Gasteiger partial charge in [-0.05, 0) is 146 Å². The minimum Gasteiger partial charge on any atom is -0.376 e. The van der Waals surface area contributed by atoms with Gasteiger partial charge in [-0.1, -0.05) is 23.8 Å². The molecular weight excluding hydrogens is 835 g/mol. The molecular formula is C51H57N9O6. The summed E-state index contributed by atoms with van der Waals surface area (Å²) in [4.78, 5) is 21.7. The highest BCUT2D eigenvalue weighted by molar-refractivity contribution is 5.89. The number of fused-ring (bicyclic) bond motifs is 2. The number of aliphatic hydroxyl groups is 2. The van der Waals surface area contributed by atoms with Crippen LogP contribution in [-0.4, -0.2) is 81.1 Å². The molecule has 6 aromatic heterocycles.